The summed E-state index contributed by atoms with van der Waals surface area (Å²) in [5.74, 6) is -0.378. The third-order valence-electron chi connectivity index (χ3n) is 5.28. The monoisotopic (exact) mass is 577 g/mol. The Morgan fingerprint density at radius 3 is 2.26 bits per heavy atom. The maximum absolute atomic E-state index is 12.8. The quantitative estimate of drug-likeness (QED) is 0.162. The van der Waals surface area contributed by atoms with Crippen LogP contribution in [-0.2, 0) is 11.3 Å². The van der Waals surface area contributed by atoms with Gasteiger partial charge in [-0.15, -0.1) is 0 Å². The van der Waals surface area contributed by atoms with Crippen LogP contribution in [0.1, 0.15) is 20.9 Å². The highest BCUT2D eigenvalue weighted by atomic mass is 127. The number of rotatable bonds is 6. The Morgan fingerprint density at radius 1 is 0.941 bits per heavy atom. The fourth-order valence-corrected chi connectivity index (χ4v) is 4.83. The summed E-state index contributed by atoms with van der Waals surface area (Å²) >= 11 is 3.54. The summed E-state index contributed by atoms with van der Waals surface area (Å²) in [5.41, 5.74) is 5.37. The summed E-state index contributed by atoms with van der Waals surface area (Å²) < 4.78 is 8.52. The van der Waals surface area contributed by atoms with E-state index in [1.165, 1.54) is 11.3 Å². The summed E-state index contributed by atoms with van der Waals surface area (Å²) in [4.78, 5) is 18.0. The van der Waals surface area contributed by atoms with Crippen LogP contribution in [0, 0.1) is 10.5 Å². The van der Waals surface area contributed by atoms with Crippen molar-refractivity contribution in [2.45, 2.75) is 13.5 Å². The van der Waals surface area contributed by atoms with E-state index in [2.05, 4.69) is 33.6 Å². The van der Waals surface area contributed by atoms with Crippen LogP contribution in [0.15, 0.2) is 91.0 Å². The number of nitrogens with zero attached hydrogens (tertiary/aromatic N) is 3. The number of halogens is 1. The molecule has 0 aliphatic rings. The van der Waals surface area contributed by atoms with Gasteiger partial charge in [0.2, 0.25) is 5.13 Å². The van der Waals surface area contributed by atoms with Gasteiger partial charge in [-0.25, -0.2) is 14.5 Å². The van der Waals surface area contributed by atoms with Crippen LogP contribution in [0.3, 0.4) is 0 Å². The average molecular weight is 577 g/mol. The van der Waals surface area contributed by atoms with E-state index in [0.29, 0.717) is 15.7 Å². The minimum atomic E-state index is -0.378. The molecule has 0 saturated carbocycles. The average Bonchev–Trinajstić information content (AvgIpc) is 3.49. The lowest BCUT2D eigenvalue weighted by atomic mass is 10.1. The van der Waals surface area contributed by atoms with Gasteiger partial charge in [0.05, 0.1) is 17.1 Å². The molecule has 0 amide bonds. The van der Waals surface area contributed by atoms with Crippen molar-refractivity contribution in [2.24, 2.45) is 0 Å². The molecule has 34 heavy (non-hydrogen) atoms. The molecule has 0 N–H and O–H groups in total. The number of carbonyl (C=O) groups is 1. The molecule has 0 bridgehead atoms. The van der Waals surface area contributed by atoms with Gasteiger partial charge in [-0.05, 0) is 53.3 Å². The fourth-order valence-electron chi connectivity index (χ4n) is 3.55. The van der Waals surface area contributed by atoms with Crippen molar-refractivity contribution in [3.8, 4) is 27.6 Å². The zero-order chi connectivity index (χ0) is 23.5. The van der Waals surface area contributed by atoms with Crippen LogP contribution in [0.4, 0.5) is 0 Å². The van der Waals surface area contributed by atoms with Gasteiger partial charge < -0.3 is 4.74 Å². The number of ether oxygens (including phenoxy) is 1. The molecule has 0 aliphatic heterocycles. The van der Waals surface area contributed by atoms with Crippen LogP contribution in [-0.4, -0.2) is 20.7 Å². The van der Waals surface area contributed by atoms with Crippen molar-refractivity contribution in [3.63, 3.8) is 0 Å². The number of hydrogen-bond acceptors (Lipinski definition) is 5. The number of aromatic nitrogens is 3. The summed E-state index contributed by atoms with van der Waals surface area (Å²) in [5, 5.41) is 5.48. The van der Waals surface area contributed by atoms with Crippen molar-refractivity contribution in [2.75, 3.05) is 0 Å². The van der Waals surface area contributed by atoms with Gasteiger partial charge in [0.1, 0.15) is 11.5 Å². The van der Waals surface area contributed by atoms with E-state index in [9.17, 15) is 4.79 Å². The van der Waals surface area contributed by atoms with Crippen LogP contribution in [0.2, 0.25) is 0 Å². The van der Waals surface area contributed by atoms with E-state index < -0.39 is 0 Å². The van der Waals surface area contributed by atoms with E-state index in [0.717, 1.165) is 31.6 Å². The minimum absolute atomic E-state index is 0.220. The molecule has 3 aromatic carbocycles. The standard InChI is InChI=1S/C27H20IN3O2S/c1-18-25(26(32)33-17-19-12-14-22(28)15-13-19)34-27(29-18)31-24(21-10-6-3-7-11-21)16-23(30-31)20-8-4-2-5-9-20/h2-16H,17H2,1H3. The number of benzene rings is 3. The number of hydrogen-bond donors (Lipinski definition) is 0. The molecular formula is C27H20IN3O2S. The van der Waals surface area contributed by atoms with E-state index in [1.807, 2.05) is 96.5 Å². The van der Waals surface area contributed by atoms with Crippen LogP contribution in [0.25, 0.3) is 27.6 Å². The molecule has 0 spiro atoms. The van der Waals surface area contributed by atoms with Gasteiger partial charge in [-0.2, -0.15) is 5.10 Å². The van der Waals surface area contributed by atoms with Crippen molar-refractivity contribution in [3.05, 3.63) is 111 Å². The lowest BCUT2D eigenvalue weighted by molar-refractivity contribution is 0.0477. The van der Waals surface area contributed by atoms with Gasteiger partial charge >= 0.3 is 5.97 Å². The van der Waals surface area contributed by atoms with Gasteiger partial charge in [0.15, 0.2) is 0 Å². The molecule has 7 heteroatoms. The molecule has 2 heterocycles. The summed E-state index contributed by atoms with van der Waals surface area (Å²) in [6, 6.07) is 30.0. The maximum Gasteiger partial charge on any atom is 0.350 e. The van der Waals surface area contributed by atoms with E-state index in [-0.39, 0.29) is 12.6 Å². The molecule has 0 fully saturated rings. The molecule has 0 unspecified atom stereocenters. The highest BCUT2D eigenvalue weighted by Gasteiger charge is 2.21. The lowest BCUT2D eigenvalue weighted by Crippen LogP contribution is -2.04. The van der Waals surface area contributed by atoms with Crippen molar-refractivity contribution < 1.29 is 9.53 Å². The van der Waals surface area contributed by atoms with Crippen LogP contribution in [0.5, 0.6) is 0 Å². The van der Waals surface area contributed by atoms with Gasteiger partial charge in [0, 0.05) is 14.7 Å². The highest BCUT2D eigenvalue weighted by Crippen LogP contribution is 2.31. The number of aryl methyl sites for hydroxylation is 1. The molecule has 0 radical (unpaired) electrons. The topological polar surface area (TPSA) is 57.0 Å². The molecule has 168 valence electrons. The number of carbonyl (C=O) groups excluding carboxylic acids is 1. The third kappa shape index (κ3) is 4.80. The molecule has 5 rings (SSSR count). The first-order valence-electron chi connectivity index (χ1n) is 10.7. The Kier molecular flexibility index (Phi) is 6.55. The normalized spacial score (nSPS) is 10.9. The van der Waals surface area contributed by atoms with Crippen molar-refractivity contribution in [1.82, 2.24) is 14.8 Å². The fraction of sp³-hybridized carbons (Fsp3) is 0.0741. The Bertz CT molecular complexity index is 1430. The second kappa shape index (κ2) is 9.90. The largest absolute Gasteiger partial charge is 0.457 e. The number of esters is 1. The summed E-state index contributed by atoms with van der Waals surface area (Å²) in [6.07, 6.45) is 0. The van der Waals surface area contributed by atoms with Gasteiger partial charge in [-0.3, -0.25) is 0 Å². The van der Waals surface area contributed by atoms with Crippen LogP contribution >= 0.6 is 33.9 Å². The molecule has 0 aliphatic carbocycles. The molecule has 5 nitrogen and oxygen atoms in total. The smallest absolute Gasteiger partial charge is 0.350 e. The Balaban J connectivity index is 1.48. The van der Waals surface area contributed by atoms with Crippen LogP contribution < -0.4 is 0 Å². The van der Waals surface area contributed by atoms with Crippen molar-refractivity contribution in [1.29, 1.82) is 0 Å². The lowest BCUT2D eigenvalue weighted by Gasteiger charge is -2.04. The first-order chi connectivity index (χ1) is 16.6. The second-order valence-electron chi connectivity index (χ2n) is 7.67. The van der Waals surface area contributed by atoms with E-state index in [1.54, 1.807) is 0 Å². The number of thiazole rings is 1. The molecule has 0 saturated heterocycles. The summed E-state index contributed by atoms with van der Waals surface area (Å²) in [6.45, 7) is 2.04. The summed E-state index contributed by atoms with van der Waals surface area (Å²) in [7, 11) is 0. The first kappa shape index (κ1) is 22.5. The van der Waals surface area contributed by atoms with Gasteiger partial charge in [-0.1, -0.05) is 84.1 Å². The second-order valence-corrected chi connectivity index (χ2v) is 9.90. The first-order valence-corrected chi connectivity index (χ1v) is 12.6. The Hall–Kier alpha value is -3.30. The predicted octanol–water partition coefficient (Wildman–Crippen LogP) is 6.93. The Labute approximate surface area is 215 Å². The molecule has 0 atom stereocenters. The zero-order valence-electron chi connectivity index (χ0n) is 18.3. The Morgan fingerprint density at radius 2 is 1.59 bits per heavy atom. The highest BCUT2D eigenvalue weighted by molar-refractivity contribution is 14.1. The van der Waals surface area contributed by atoms with E-state index in [4.69, 9.17) is 9.84 Å². The van der Waals surface area contributed by atoms with Gasteiger partial charge in [0.25, 0.3) is 0 Å². The van der Waals surface area contributed by atoms with E-state index >= 15 is 0 Å². The van der Waals surface area contributed by atoms with Crippen molar-refractivity contribution >= 4 is 39.9 Å². The predicted molar refractivity (Wildman–Crippen MR) is 143 cm³/mol. The molecule has 5 aromatic rings. The third-order valence-corrected chi connectivity index (χ3v) is 7.12. The molecular weight excluding hydrogens is 557 g/mol. The zero-order valence-corrected chi connectivity index (χ0v) is 21.3. The molecule has 2 aromatic heterocycles. The maximum atomic E-state index is 12.8. The minimum Gasteiger partial charge on any atom is -0.457 e. The SMILES string of the molecule is Cc1nc(-n2nc(-c3ccccc3)cc2-c2ccccc2)sc1C(=O)OCc1ccc(I)cc1.